The van der Waals surface area contributed by atoms with E-state index in [1.807, 2.05) is 42.5 Å². The van der Waals surface area contributed by atoms with Gasteiger partial charge >= 0.3 is 0 Å². The van der Waals surface area contributed by atoms with Crippen LogP contribution in [0.2, 0.25) is 0 Å². The second-order valence-corrected chi connectivity index (χ2v) is 10.5. The topological polar surface area (TPSA) is 77.0 Å². The lowest BCUT2D eigenvalue weighted by Crippen LogP contribution is -2.39. The Hall–Kier alpha value is -3.19. The largest absolute Gasteiger partial charge is 0.508 e. The summed E-state index contributed by atoms with van der Waals surface area (Å²) in [6.07, 6.45) is 4.43. The minimum Gasteiger partial charge on any atom is -0.508 e. The van der Waals surface area contributed by atoms with Gasteiger partial charge in [-0.3, -0.25) is 4.79 Å². The minimum absolute atomic E-state index is 0.0630. The van der Waals surface area contributed by atoms with E-state index in [0.29, 0.717) is 23.6 Å². The number of phenols is 1. The number of hydrogen-bond donors (Lipinski definition) is 2. The number of aromatic hydroxyl groups is 1. The third kappa shape index (κ3) is 6.04. The van der Waals surface area contributed by atoms with Crippen LogP contribution in [0.25, 0.3) is 0 Å². The van der Waals surface area contributed by atoms with Gasteiger partial charge in [-0.05, 0) is 66.4 Å². The Bertz CT molecular complexity index is 1220. The number of amides is 1. The average molecular weight is 569 g/mol. The maximum Gasteiger partial charge on any atom is 0.220 e. The zero-order chi connectivity index (χ0) is 26.4. The smallest absolute Gasteiger partial charge is 0.220 e. The van der Waals surface area contributed by atoms with E-state index in [1.54, 1.807) is 33.5 Å². The average Bonchev–Trinajstić information content (AvgIpc) is 3.42. The molecule has 4 rings (SSSR count). The van der Waals surface area contributed by atoms with Gasteiger partial charge in [-0.2, -0.15) is 0 Å². The monoisotopic (exact) mass is 567 g/mol. The van der Waals surface area contributed by atoms with Crippen LogP contribution >= 0.6 is 15.9 Å². The van der Waals surface area contributed by atoms with E-state index in [9.17, 15) is 9.90 Å². The number of carbonyl (C=O) groups is 1. The van der Waals surface area contributed by atoms with Crippen LogP contribution in [-0.2, 0) is 10.2 Å². The third-order valence-electron chi connectivity index (χ3n) is 7.45. The summed E-state index contributed by atoms with van der Waals surface area (Å²) in [6.45, 7) is 0.543. The molecule has 1 aliphatic carbocycles. The highest BCUT2D eigenvalue weighted by atomic mass is 79.9. The van der Waals surface area contributed by atoms with Crippen molar-refractivity contribution in [3.05, 3.63) is 81.8 Å². The predicted molar refractivity (Wildman–Crippen MR) is 148 cm³/mol. The number of hydrogen-bond acceptors (Lipinski definition) is 5. The van der Waals surface area contributed by atoms with Crippen LogP contribution in [0.4, 0.5) is 0 Å². The van der Waals surface area contributed by atoms with Crippen molar-refractivity contribution in [1.82, 2.24) is 5.32 Å². The number of nitrogens with one attached hydrogen (secondary N) is 1. The van der Waals surface area contributed by atoms with E-state index in [2.05, 4.69) is 27.3 Å². The predicted octanol–water partition coefficient (Wildman–Crippen LogP) is 6.33. The molecule has 0 aromatic heterocycles. The first-order chi connectivity index (χ1) is 17.9. The summed E-state index contributed by atoms with van der Waals surface area (Å²) in [5.41, 5.74) is 2.63. The molecule has 6 nitrogen and oxygen atoms in total. The highest BCUT2D eigenvalue weighted by molar-refractivity contribution is 9.10. The van der Waals surface area contributed by atoms with Gasteiger partial charge in [0.15, 0.2) is 11.5 Å². The molecule has 37 heavy (non-hydrogen) atoms. The molecule has 1 aliphatic rings. The highest BCUT2D eigenvalue weighted by Gasteiger charge is 2.37. The molecule has 1 amide bonds. The van der Waals surface area contributed by atoms with Gasteiger partial charge in [-0.25, -0.2) is 0 Å². The molecule has 3 aromatic carbocycles. The molecule has 0 unspecified atom stereocenters. The van der Waals surface area contributed by atoms with Crippen LogP contribution in [0.15, 0.2) is 65.1 Å². The first-order valence-corrected chi connectivity index (χ1v) is 13.3. The Balaban J connectivity index is 1.56. The number of halogens is 1. The van der Waals surface area contributed by atoms with E-state index in [4.69, 9.17) is 14.2 Å². The van der Waals surface area contributed by atoms with Crippen LogP contribution in [0.3, 0.4) is 0 Å². The lowest BCUT2D eigenvalue weighted by atomic mass is 9.78. The Kier molecular flexibility index (Phi) is 8.64. The van der Waals surface area contributed by atoms with Crippen molar-refractivity contribution in [1.29, 1.82) is 0 Å². The molecular weight excluding hydrogens is 534 g/mol. The highest BCUT2D eigenvalue weighted by Crippen LogP contribution is 2.43. The zero-order valence-electron chi connectivity index (χ0n) is 21.6. The fourth-order valence-corrected chi connectivity index (χ4v) is 5.74. The molecule has 196 valence electrons. The van der Waals surface area contributed by atoms with E-state index >= 15 is 0 Å². The summed E-state index contributed by atoms with van der Waals surface area (Å²) in [5.74, 6) is 1.91. The molecule has 0 spiro atoms. The summed E-state index contributed by atoms with van der Waals surface area (Å²) < 4.78 is 17.1. The first kappa shape index (κ1) is 26.9. The SMILES string of the molecule is COc1ccc([C@@H](CC(=O)NCC2(c3ccc(OC)c(OC)c3)CCCC2)c2cc(Br)ccc2O)cc1. The maximum absolute atomic E-state index is 13.4. The number of carbonyl (C=O) groups excluding carboxylic acids is 1. The van der Waals surface area contributed by atoms with Gasteiger partial charge in [0.05, 0.1) is 21.3 Å². The zero-order valence-corrected chi connectivity index (χ0v) is 23.1. The van der Waals surface area contributed by atoms with Crippen molar-refractivity contribution in [2.75, 3.05) is 27.9 Å². The molecule has 0 aliphatic heterocycles. The van der Waals surface area contributed by atoms with Crippen molar-refractivity contribution < 1.29 is 24.1 Å². The minimum atomic E-state index is -0.316. The van der Waals surface area contributed by atoms with Crippen LogP contribution in [0.1, 0.15) is 54.7 Å². The van der Waals surface area contributed by atoms with E-state index in [0.717, 1.165) is 47.0 Å². The van der Waals surface area contributed by atoms with Gasteiger partial charge in [-0.15, -0.1) is 0 Å². The molecule has 2 N–H and O–H groups in total. The number of methoxy groups -OCH3 is 3. The van der Waals surface area contributed by atoms with Crippen LogP contribution in [-0.4, -0.2) is 38.9 Å². The van der Waals surface area contributed by atoms with Crippen molar-refractivity contribution in [2.24, 2.45) is 0 Å². The lowest BCUT2D eigenvalue weighted by molar-refractivity contribution is -0.121. The van der Waals surface area contributed by atoms with E-state index in [1.165, 1.54) is 0 Å². The molecule has 0 saturated heterocycles. The van der Waals surface area contributed by atoms with Gasteiger partial charge in [0.1, 0.15) is 11.5 Å². The second-order valence-electron chi connectivity index (χ2n) is 9.57. The summed E-state index contributed by atoms with van der Waals surface area (Å²) in [7, 11) is 4.89. The van der Waals surface area contributed by atoms with E-state index < -0.39 is 0 Å². The lowest BCUT2D eigenvalue weighted by Gasteiger charge is -2.31. The molecule has 1 fully saturated rings. The van der Waals surface area contributed by atoms with Crippen LogP contribution in [0.5, 0.6) is 23.0 Å². The normalized spacial score (nSPS) is 15.1. The fourth-order valence-electron chi connectivity index (χ4n) is 5.36. The first-order valence-electron chi connectivity index (χ1n) is 12.5. The van der Waals surface area contributed by atoms with Crippen LogP contribution < -0.4 is 19.5 Å². The standard InChI is InChI=1S/C30H34BrNO5/c1-35-23-10-6-20(7-11-23)24(25-17-22(31)9-12-26(25)33)18-29(34)32-19-30(14-4-5-15-30)21-8-13-27(36-2)28(16-21)37-3/h6-13,16-17,24,33H,4-5,14-15,18-19H2,1-3H3,(H,32,34)/t24-/m1/s1. The molecule has 7 heteroatoms. The van der Waals surface area contributed by atoms with E-state index in [-0.39, 0.29) is 29.4 Å². The van der Waals surface area contributed by atoms with Crippen molar-refractivity contribution in [3.8, 4) is 23.0 Å². The van der Waals surface area contributed by atoms with Crippen molar-refractivity contribution in [3.63, 3.8) is 0 Å². The molecule has 0 heterocycles. The van der Waals surface area contributed by atoms with Crippen LogP contribution in [0, 0.1) is 0 Å². The quantitative estimate of drug-likeness (QED) is 0.299. The Morgan fingerprint density at radius 3 is 2.30 bits per heavy atom. The Morgan fingerprint density at radius 1 is 0.946 bits per heavy atom. The van der Waals surface area contributed by atoms with Gasteiger partial charge in [0.25, 0.3) is 0 Å². The molecular formula is C30H34BrNO5. The second kappa shape index (κ2) is 11.9. The number of rotatable bonds is 10. The fraction of sp³-hybridized carbons (Fsp3) is 0.367. The molecule has 0 bridgehead atoms. The Morgan fingerprint density at radius 2 is 1.65 bits per heavy atom. The molecule has 0 radical (unpaired) electrons. The number of benzene rings is 3. The number of phenolic OH excluding ortho intramolecular Hbond substituents is 1. The third-order valence-corrected chi connectivity index (χ3v) is 7.95. The summed E-state index contributed by atoms with van der Waals surface area (Å²) in [5, 5.41) is 13.9. The van der Waals surface area contributed by atoms with Gasteiger partial charge in [0, 0.05) is 34.3 Å². The molecule has 3 aromatic rings. The summed E-state index contributed by atoms with van der Waals surface area (Å²) >= 11 is 3.51. The summed E-state index contributed by atoms with van der Waals surface area (Å²) in [6, 6.07) is 19.0. The number of ether oxygens (including phenoxy) is 3. The van der Waals surface area contributed by atoms with Crippen molar-refractivity contribution in [2.45, 2.75) is 43.4 Å². The Labute approximate surface area is 227 Å². The van der Waals surface area contributed by atoms with Gasteiger partial charge in [0.2, 0.25) is 5.91 Å². The summed E-state index contributed by atoms with van der Waals surface area (Å²) in [4.78, 5) is 13.4. The van der Waals surface area contributed by atoms with Gasteiger partial charge < -0.3 is 24.6 Å². The molecule has 1 saturated carbocycles. The van der Waals surface area contributed by atoms with Gasteiger partial charge in [-0.1, -0.05) is 47.0 Å². The maximum atomic E-state index is 13.4. The molecule has 1 atom stereocenters. The van der Waals surface area contributed by atoms with Crippen molar-refractivity contribution >= 4 is 21.8 Å².